The molecule has 0 saturated carbocycles. The number of para-hydroxylation sites is 3. The molecule has 88 heavy (non-hydrogen) atoms. The molecule has 0 aliphatic rings. The zero-order valence-corrected chi connectivity index (χ0v) is 56.5. The Morgan fingerprint density at radius 3 is 1.53 bits per heavy atom. The topological polar surface area (TPSA) is 22.9 Å². The number of anilines is 8. The molecule has 0 aliphatic heterocycles. The van der Waals surface area contributed by atoms with Gasteiger partial charge in [-0.3, -0.25) is 0 Å². The molecule has 0 saturated heterocycles. The summed E-state index contributed by atoms with van der Waals surface area (Å²) >= 11 is 10.4. The van der Waals surface area contributed by atoms with Gasteiger partial charge in [-0.05, 0) is 16.5 Å². The Balaban J connectivity index is 1.22. The summed E-state index contributed by atoms with van der Waals surface area (Å²) in [4.78, 5) is 8.33. The Morgan fingerprint density at radius 1 is 0.443 bits per heavy atom. The molecule has 11 aromatic rings. The summed E-state index contributed by atoms with van der Waals surface area (Å²) in [6.07, 6.45) is 2.20. The molecule has 4 nitrogen and oxygen atoms in total. The van der Waals surface area contributed by atoms with E-state index < -0.39 is 0 Å². The second-order valence-corrected chi connectivity index (χ2v) is 27.4. The summed E-state index contributed by atoms with van der Waals surface area (Å²) in [5, 5.41) is 2.66. The zero-order valence-electron chi connectivity index (χ0n) is 54.9. The van der Waals surface area contributed by atoms with Gasteiger partial charge in [-0.25, -0.2) is 0 Å². The van der Waals surface area contributed by atoms with E-state index in [9.17, 15) is 0 Å². The van der Waals surface area contributed by atoms with Gasteiger partial charge in [0.15, 0.2) is 0 Å². The van der Waals surface area contributed by atoms with E-state index in [-0.39, 0.29) is 10.8 Å². The second-order valence-electron chi connectivity index (χ2n) is 26.2. The van der Waals surface area contributed by atoms with Gasteiger partial charge in [-0.15, -0.1) is 0 Å². The van der Waals surface area contributed by atoms with E-state index in [1.54, 1.807) is 11.8 Å². The average molecular weight is 1170 g/mol. The Morgan fingerprint density at radius 2 is 0.920 bits per heavy atom. The minimum atomic E-state index is -0.0745. The number of thioether (sulfide) groups is 1. The van der Waals surface area contributed by atoms with Gasteiger partial charge in [-0.2, -0.15) is 0 Å². The third-order valence-corrected chi connectivity index (χ3v) is 20.4. The molecule has 1 aromatic heterocycles. The summed E-state index contributed by atoms with van der Waals surface area (Å²) in [7, 11) is 30.3. The molecule has 18 heteroatoms. The van der Waals surface area contributed by atoms with Crippen molar-refractivity contribution in [3.8, 4) is 22.3 Å². The van der Waals surface area contributed by atoms with Crippen molar-refractivity contribution in [2.45, 2.75) is 57.3 Å². The second kappa shape index (κ2) is 24.2. The molecule has 0 spiro atoms. The molecular formula is C70H72B12ClN3OS. The first-order chi connectivity index (χ1) is 41.8. The molecule has 0 aliphatic carbocycles. The number of halogens is 1. The van der Waals surface area contributed by atoms with Gasteiger partial charge < -0.3 is 0 Å². The zero-order chi connectivity index (χ0) is 63.0. The van der Waals surface area contributed by atoms with E-state index in [0.717, 1.165) is 106 Å². The van der Waals surface area contributed by atoms with Crippen LogP contribution in [0.1, 0.15) is 58.2 Å². The average Bonchev–Trinajstić information content (AvgIpc) is 0.948. The molecule has 0 N–H and O–H groups in total. The normalized spacial score (nSPS) is 11.8. The van der Waals surface area contributed by atoms with Gasteiger partial charge in [0, 0.05) is 0 Å². The van der Waals surface area contributed by atoms with Crippen molar-refractivity contribution < 1.29 is 4.42 Å². The van der Waals surface area contributed by atoms with Crippen LogP contribution in [-0.2, 0) is 10.8 Å². The van der Waals surface area contributed by atoms with Crippen molar-refractivity contribution in [3.05, 3.63) is 192 Å². The van der Waals surface area contributed by atoms with E-state index in [0.29, 0.717) is 5.02 Å². The molecular weight excluding hydrogens is 1100 g/mol. The molecule has 0 atom stereocenters. The molecule has 10 aromatic carbocycles. The standard InChI is InChI=1S/C70H72B12ClN3OS/c1-69(2,3)37-27-31-39(32-28-37)84(46-24-13-11-21-43(46)36-17-9-8-10-18-36)41-19-15-20-42(35-41)85(47-25-16-23-45-44-22-12-14-26-48(44)87-66(45)47)64-60(79)59(78)61(80)65(63(64)83)86(40-33-29-38(30-34-40)70(4,5)6)68(82)51-52(71)49(55(74)62(81)67(51)88-7)50-53(72)56(75)58(77)57(76)54(50)73/h8-35,82H,71-81H2,1-7H3. The van der Waals surface area contributed by atoms with Crippen molar-refractivity contribution in [2.75, 3.05) is 21.0 Å². The molecule has 422 valence electrons. The summed E-state index contributed by atoms with van der Waals surface area (Å²) < 4.78 is 7.07. The van der Waals surface area contributed by atoms with Gasteiger partial charge in [0.2, 0.25) is 0 Å². The fraction of sp³-hybridized carbons (Fsp3) is 0.129. The molecule has 0 amide bonds. The van der Waals surface area contributed by atoms with Crippen LogP contribution in [-0.4, -0.2) is 106 Å². The van der Waals surface area contributed by atoms with Crippen LogP contribution in [0, 0.1) is 0 Å². The van der Waals surface area contributed by atoms with Gasteiger partial charge in [-0.1, -0.05) is 81.4 Å². The Bertz CT molecular complexity index is 4550. The molecule has 0 radical (unpaired) electrons. The summed E-state index contributed by atoms with van der Waals surface area (Å²) in [5.74, 6) is 0. The number of rotatable bonds is 13. The fourth-order valence-corrected chi connectivity index (χ4v) is 14.7. The van der Waals surface area contributed by atoms with E-state index in [2.05, 4.69) is 313 Å². The molecule has 1 heterocycles. The first-order valence-corrected chi connectivity index (χ1v) is 32.5. The third-order valence-electron chi connectivity index (χ3n) is 19.1. The van der Waals surface area contributed by atoms with Gasteiger partial charge in [0.05, 0.1) is 0 Å². The Hall–Kier alpha value is -7.31. The van der Waals surface area contributed by atoms with E-state index >= 15 is 0 Å². The predicted octanol–water partition coefficient (Wildman–Crippen LogP) is 0.889. The van der Waals surface area contributed by atoms with Crippen molar-refractivity contribution in [1.82, 2.24) is 0 Å². The predicted molar refractivity (Wildman–Crippen MR) is 424 cm³/mol. The summed E-state index contributed by atoms with van der Waals surface area (Å²) in [6, 6.07) is 61.4. The van der Waals surface area contributed by atoms with Crippen molar-refractivity contribution in [3.63, 3.8) is 0 Å². The SMILES string of the molecule is B=C(c1c(B)c(-c2c(B)c(B)c(B)c(B)c2B)c(B)c(B)c1SC)N(c1ccc(C(C)(C)C)cc1)c1c(B)c(B)c(B)c(N(c2cccc(N(c3ccc(C(C)(C)C)cc3)c3ccccc3-c3ccccc3)c2)c2cccc3c2oc2ccccc23)c1Cl. The monoisotopic (exact) mass is 1170 g/mol. The maximum atomic E-state index is 8.65. The van der Waals surface area contributed by atoms with Crippen LogP contribution in [0.15, 0.2) is 179 Å². The molecule has 11 rings (SSSR count). The Labute approximate surface area is 543 Å². The van der Waals surface area contributed by atoms with Crippen molar-refractivity contribution >= 4 is 250 Å². The Kier molecular flexibility index (Phi) is 17.2. The molecule has 0 bridgehead atoms. The molecule has 0 unspecified atom stereocenters. The quantitative estimate of drug-likeness (QED) is 0.126. The third kappa shape index (κ3) is 10.9. The van der Waals surface area contributed by atoms with E-state index in [1.165, 1.54) is 70.9 Å². The number of hydrogen-bond acceptors (Lipinski definition) is 5. The van der Waals surface area contributed by atoms with E-state index in [1.807, 2.05) is 6.07 Å². The van der Waals surface area contributed by atoms with Crippen LogP contribution in [0.2, 0.25) is 5.02 Å². The number of nitrogens with zero attached hydrogens (tertiary/aromatic N) is 3. The fourth-order valence-electron chi connectivity index (χ4n) is 13.4. The van der Waals surface area contributed by atoms with Crippen LogP contribution in [0.3, 0.4) is 0 Å². The van der Waals surface area contributed by atoms with Crippen molar-refractivity contribution in [1.29, 1.82) is 0 Å². The van der Waals surface area contributed by atoms with Crippen LogP contribution < -0.4 is 74.8 Å². The minimum absolute atomic E-state index is 0.0282. The van der Waals surface area contributed by atoms with Gasteiger partial charge >= 0.3 is 449 Å². The van der Waals surface area contributed by atoms with Crippen LogP contribution >= 0.6 is 23.4 Å². The summed E-state index contributed by atoms with van der Waals surface area (Å²) in [5.41, 5.74) is 32.0. The van der Waals surface area contributed by atoms with Crippen LogP contribution in [0.5, 0.6) is 0 Å². The van der Waals surface area contributed by atoms with E-state index in [4.69, 9.17) is 23.5 Å². The number of benzene rings is 10. The van der Waals surface area contributed by atoms with Gasteiger partial charge in [0.25, 0.3) is 0 Å². The number of furan rings is 1. The maximum absolute atomic E-state index is 8.65. The number of hydrogen-bond donors (Lipinski definition) is 0. The summed E-state index contributed by atoms with van der Waals surface area (Å²) in [6.45, 7) is 13.6. The first-order valence-electron chi connectivity index (χ1n) is 30.8. The van der Waals surface area contributed by atoms with Crippen LogP contribution in [0.4, 0.5) is 45.5 Å². The van der Waals surface area contributed by atoms with Crippen LogP contribution in [0.25, 0.3) is 44.2 Å². The molecule has 0 fully saturated rings. The first kappa shape index (κ1) is 62.3. The number of fused-ring (bicyclic) bond motifs is 3. The van der Waals surface area contributed by atoms with Gasteiger partial charge in [0.1, 0.15) is 0 Å². The van der Waals surface area contributed by atoms with Crippen molar-refractivity contribution in [2.24, 2.45) is 0 Å².